The van der Waals surface area contributed by atoms with Crippen molar-refractivity contribution in [2.24, 2.45) is 5.92 Å². The minimum Gasteiger partial charge on any atom is -0.322 e. The van der Waals surface area contributed by atoms with Crippen LogP contribution in [0.5, 0.6) is 0 Å². The summed E-state index contributed by atoms with van der Waals surface area (Å²) >= 11 is 0. The van der Waals surface area contributed by atoms with Gasteiger partial charge in [-0.15, -0.1) is 0 Å². The first-order valence-electron chi connectivity index (χ1n) is 11.7. The van der Waals surface area contributed by atoms with Gasteiger partial charge in [-0.05, 0) is 93.4 Å². The van der Waals surface area contributed by atoms with E-state index in [0.717, 1.165) is 42.4 Å². The molecule has 0 bridgehead atoms. The highest BCUT2D eigenvalue weighted by Gasteiger charge is 2.19. The van der Waals surface area contributed by atoms with Crippen molar-refractivity contribution in [2.45, 2.75) is 46.6 Å². The van der Waals surface area contributed by atoms with Gasteiger partial charge in [0.2, 0.25) is 0 Å². The Morgan fingerprint density at radius 2 is 1.50 bits per heavy atom. The maximum absolute atomic E-state index is 12.8. The van der Waals surface area contributed by atoms with Crippen LogP contribution in [0.25, 0.3) is 0 Å². The summed E-state index contributed by atoms with van der Waals surface area (Å²) in [7, 11) is 0. The molecule has 1 heterocycles. The Morgan fingerprint density at radius 3 is 2.12 bits per heavy atom. The molecule has 3 nitrogen and oxygen atoms in total. The van der Waals surface area contributed by atoms with Crippen molar-refractivity contribution in [3.63, 3.8) is 0 Å². The van der Waals surface area contributed by atoms with Crippen LogP contribution in [0.3, 0.4) is 0 Å². The molecule has 1 aliphatic heterocycles. The summed E-state index contributed by atoms with van der Waals surface area (Å²) < 4.78 is 0. The first-order valence-corrected chi connectivity index (χ1v) is 11.7. The van der Waals surface area contributed by atoms with Gasteiger partial charge in [0.05, 0.1) is 0 Å². The maximum atomic E-state index is 12.8. The molecule has 1 fully saturated rings. The van der Waals surface area contributed by atoms with E-state index >= 15 is 0 Å². The molecule has 1 amide bonds. The van der Waals surface area contributed by atoms with Crippen LogP contribution in [0.1, 0.15) is 51.0 Å². The van der Waals surface area contributed by atoms with E-state index in [9.17, 15) is 4.79 Å². The first kappa shape index (κ1) is 22.3. The largest absolute Gasteiger partial charge is 0.322 e. The molecule has 0 radical (unpaired) electrons. The Balaban J connectivity index is 1.29. The molecule has 1 N–H and O–H groups in total. The molecule has 3 heteroatoms. The Morgan fingerprint density at radius 1 is 0.875 bits per heavy atom. The molecule has 0 saturated carbocycles. The molecular weight excluding hydrogens is 392 g/mol. The Bertz CT molecular complexity index is 1030. The zero-order valence-electron chi connectivity index (χ0n) is 19.5. The zero-order valence-corrected chi connectivity index (χ0v) is 19.5. The summed E-state index contributed by atoms with van der Waals surface area (Å²) in [4.78, 5) is 15.3. The smallest absolute Gasteiger partial charge is 0.255 e. The lowest BCUT2D eigenvalue weighted by atomic mass is 9.90. The maximum Gasteiger partial charge on any atom is 0.255 e. The second-order valence-electron chi connectivity index (χ2n) is 9.33. The average molecular weight is 427 g/mol. The number of anilines is 1. The van der Waals surface area contributed by atoms with Gasteiger partial charge < -0.3 is 5.32 Å². The van der Waals surface area contributed by atoms with E-state index in [0.29, 0.717) is 5.56 Å². The zero-order chi connectivity index (χ0) is 22.5. The number of aryl methyl sites for hydroxylation is 3. The molecule has 0 aliphatic carbocycles. The van der Waals surface area contributed by atoms with Crippen molar-refractivity contribution in [2.75, 3.05) is 18.4 Å². The highest BCUT2D eigenvalue weighted by Crippen LogP contribution is 2.24. The Hall–Kier alpha value is -2.91. The van der Waals surface area contributed by atoms with Gasteiger partial charge in [-0.2, -0.15) is 0 Å². The number of nitrogens with zero attached hydrogens (tertiary/aromatic N) is 1. The van der Waals surface area contributed by atoms with Crippen LogP contribution >= 0.6 is 0 Å². The predicted octanol–water partition coefficient (Wildman–Crippen LogP) is 6.32. The third-order valence-corrected chi connectivity index (χ3v) is 6.61. The molecule has 0 aromatic heterocycles. The lowest BCUT2D eigenvalue weighted by Gasteiger charge is -2.32. The minimum atomic E-state index is -0.0478. The van der Waals surface area contributed by atoms with Crippen molar-refractivity contribution in [1.29, 1.82) is 0 Å². The quantitative estimate of drug-likeness (QED) is 0.500. The molecule has 3 aromatic carbocycles. The highest BCUT2D eigenvalue weighted by molar-refractivity contribution is 6.05. The van der Waals surface area contributed by atoms with Gasteiger partial charge in [-0.1, -0.05) is 60.2 Å². The standard InChI is InChI=1S/C29H34N2O/c1-21-17-22(2)28(23(3)18-21)30-29(32)27-11-9-26(10-12-27)20-31-15-13-25(14-16-31)19-24-7-5-4-6-8-24/h4-12,17-18,25H,13-16,19-20H2,1-3H3,(H,30,32). The topological polar surface area (TPSA) is 32.3 Å². The normalized spacial score (nSPS) is 15.0. The van der Waals surface area contributed by atoms with Gasteiger partial charge in [-0.25, -0.2) is 0 Å². The Labute approximate surface area is 192 Å². The van der Waals surface area contributed by atoms with Crippen molar-refractivity contribution in [1.82, 2.24) is 4.90 Å². The number of carbonyl (C=O) groups excluding carboxylic acids is 1. The SMILES string of the molecule is Cc1cc(C)c(NC(=O)c2ccc(CN3CCC(Cc4ccccc4)CC3)cc2)c(C)c1. The van der Waals surface area contributed by atoms with Crippen molar-refractivity contribution in [3.05, 3.63) is 100 Å². The van der Waals surface area contributed by atoms with Gasteiger partial charge in [0.15, 0.2) is 0 Å². The van der Waals surface area contributed by atoms with Gasteiger partial charge in [0, 0.05) is 17.8 Å². The van der Waals surface area contributed by atoms with E-state index in [1.54, 1.807) is 0 Å². The molecule has 166 valence electrons. The van der Waals surface area contributed by atoms with E-state index in [1.165, 1.54) is 36.0 Å². The summed E-state index contributed by atoms with van der Waals surface area (Å²) in [6.45, 7) is 9.41. The van der Waals surface area contributed by atoms with Gasteiger partial charge in [0.1, 0.15) is 0 Å². The molecule has 3 aromatic rings. The van der Waals surface area contributed by atoms with E-state index in [-0.39, 0.29) is 5.91 Å². The number of hydrogen-bond donors (Lipinski definition) is 1. The first-order chi connectivity index (χ1) is 15.5. The third kappa shape index (κ3) is 5.66. The summed E-state index contributed by atoms with van der Waals surface area (Å²) in [5.41, 5.74) is 7.76. The molecular formula is C29H34N2O. The van der Waals surface area contributed by atoms with E-state index in [4.69, 9.17) is 0 Å². The molecule has 1 aliphatic rings. The fourth-order valence-corrected chi connectivity index (χ4v) is 4.88. The second kappa shape index (κ2) is 10.1. The third-order valence-electron chi connectivity index (χ3n) is 6.61. The molecule has 4 rings (SSSR count). The second-order valence-corrected chi connectivity index (χ2v) is 9.33. The highest BCUT2D eigenvalue weighted by atomic mass is 16.1. The van der Waals surface area contributed by atoms with Gasteiger partial charge in [0.25, 0.3) is 5.91 Å². The van der Waals surface area contributed by atoms with E-state index in [2.05, 4.69) is 71.7 Å². The Kier molecular flexibility index (Phi) is 7.06. The molecule has 0 unspecified atom stereocenters. The number of piperidine rings is 1. The number of likely N-dealkylation sites (tertiary alicyclic amines) is 1. The number of benzene rings is 3. The minimum absolute atomic E-state index is 0.0478. The number of rotatable bonds is 6. The summed E-state index contributed by atoms with van der Waals surface area (Å²) in [6.07, 6.45) is 3.70. The van der Waals surface area contributed by atoms with E-state index in [1.807, 2.05) is 26.0 Å². The van der Waals surface area contributed by atoms with Crippen molar-refractivity contribution >= 4 is 11.6 Å². The van der Waals surface area contributed by atoms with E-state index < -0.39 is 0 Å². The lowest BCUT2D eigenvalue weighted by molar-refractivity contribution is 0.102. The molecule has 0 spiro atoms. The van der Waals surface area contributed by atoms with Crippen LogP contribution in [0.2, 0.25) is 0 Å². The number of hydrogen-bond acceptors (Lipinski definition) is 2. The van der Waals surface area contributed by atoms with Crippen LogP contribution in [0.15, 0.2) is 66.7 Å². The monoisotopic (exact) mass is 426 g/mol. The van der Waals surface area contributed by atoms with Gasteiger partial charge >= 0.3 is 0 Å². The fourth-order valence-electron chi connectivity index (χ4n) is 4.88. The lowest BCUT2D eigenvalue weighted by Crippen LogP contribution is -2.33. The number of carbonyl (C=O) groups is 1. The van der Waals surface area contributed by atoms with Crippen LogP contribution in [-0.4, -0.2) is 23.9 Å². The molecule has 32 heavy (non-hydrogen) atoms. The summed E-state index contributed by atoms with van der Waals surface area (Å²) in [6, 6.07) is 23.2. The van der Waals surface area contributed by atoms with Gasteiger partial charge in [-0.3, -0.25) is 9.69 Å². The van der Waals surface area contributed by atoms with Crippen LogP contribution in [0, 0.1) is 26.7 Å². The van der Waals surface area contributed by atoms with Crippen molar-refractivity contribution in [3.8, 4) is 0 Å². The predicted molar refractivity (Wildman–Crippen MR) is 133 cm³/mol. The van der Waals surface area contributed by atoms with Crippen LogP contribution in [-0.2, 0) is 13.0 Å². The number of amides is 1. The molecule has 1 saturated heterocycles. The average Bonchev–Trinajstić information content (AvgIpc) is 2.78. The van der Waals surface area contributed by atoms with Crippen LogP contribution < -0.4 is 5.32 Å². The summed E-state index contributed by atoms with van der Waals surface area (Å²) in [5, 5.41) is 3.10. The van der Waals surface area contributed by atoms with Crippen molar-refractivity contribution < 1.29 is 4.79 Å². The molecule has 0 atom stereocenters. The number of nitrogens with one attached hydrogen (secondary N) is 1. The fraction of sp³-hybridized carbons (Fsp3) is 0.345. The van der Waals surface area contributed by atoms with Crippen LogP contribution in [0.4, 0.5) is 5.69 Å². The summed E-state index contributed by atoms with van der Waals surface area (Å²) in [5.74, 6) is 0.738.